The third kappa shape index (κ3) is 2.82. The number of nitrogens with one attached hydrogen (secondary N) is 1. The predicted molar refractivity (Wildman–Crippen MR) is 92.0 cm³/mol. The highest BCUT2D eigenvalue weighted by atomic mass is 19.1. The lowest BCUT2D eigenvalue weighted by molar-refractivity contribution is -0.118. The van der Waals surface area contributed by atoms with Crippen LogP contribution in [0, 0.1) is 17.1 Å². The Hall–Kier alpha value is -3.53. The summed E-state index contributed by atoms with van der Waals surface area (Å²) in [5.74, 6) is -0.203. The Bertz CT molecular complexity index is 1010. The number of rotatable bonds is 4. The fourth-order valence-electron chi connectivity index (χ4n) is 2.93. The summed E-state index contributed by atoms with van der Waals surface area (Å²) in [7, 11) is 0. The zero-order valence-corrected chi connectivity index (χ0v) is 13.7. The van der Waals surface area contributed by atoms with Gasteiger partial charge in [0.05, 0.1) is 35.1 Å². The Morgan fingerprint density at radius 1 is 1.23 bits per heavy atom. The maximum atomic E-state index is 13.3. The van der Waals surface area contributed by atoms with Gasteiger partial charge in [-0.1, -0.05) is 12.1 Å². The summed E-state index contributed by atoms with van der Waals surface area (Å²) >= 11 is 0. The van der Waals surface area contributed by atoms with Crippen molar-refractivity contribution in [3.05, 3.63) is 71.9 Å². The topological polar surface area (TPSA) is 83.6 Å². The molecule has 1 aromatic carbocycles. The van der Waals surface area contributed by atoms with Crippen LogP contribution in [0.1, 0.15) is 24.0 Å². The number of anilines is 1. The van der Waals surface area contributed by atoms with E-state index in [2.05, 4.69) is 21.5 Å². The van der Waals surface area contributed by atoms with Crippen LogP contribution in [0.15, 0.2) is 55.0 Å². The molecular weight excluding hydrogens is 333 g/mol. The molecular formula is C19H14FN5O. The van der Waals surface area contributed by atoms with E-state index in [1.165, 1.54) is 16.9 Å². The third-order valence-electron chi connectivity index (χ3n) is 4.54. The molecule has 1 saturated carbocycles. The number of aromatic nitrogens is 3. The van der Waals surface area contributed by atoms with Crippen molar-refractivity contribution in [3.63, 3.8) is 0 Å². The maximum Gasteiger partial charge on any atom is 0.236 e. The highest BCUT2D eigenvalue weighted by Crippen LogP contribution is 2.49. The van der Waals surface area contributed by atoms with Crippen LogP contribution in [0.25, 0.3) is 5.69 Å². The average molecular weight is 347 g/mol. The quantitative estimate of drug-likeness (QED) is 0.786. The number of pyridine rings is 1. The highest BCUT2D eigenvalue weighted by Gasteiger charge is 2.51. The van der Waals surface area contributed by atoms with Crippen molar-refractivity contribution in [1.82, 2.24) is 14.8 Å². The van der Waals surface area contributed by atoms with E-state index in [0.717, 1.165) is 24.6 Å². The van der Waals surface area contributed by atoms with Crippen LogP contribution >= 0.6 is 0 Å². The number of carbonyl (C=O) groups is 1. The Morgan fingerprint density at radius 2 is 2.00 bits per heavy atom. The molecule has 7 heteroatoms. The van der Waals surface area contributed by atoms with Gasteiger partial charge in [-0.05, 0) is 30.5 Å². The second-order valence-electron chi connectivity index (χ2n) is 6.23. The van der Waals surface area contributed by atoms with E-state index in [0.29, 0.717) is 17.1 Å². The first kappa shape index (κ1) is 16.0. The van der Waals surface area contributed by atoms with E-state index in [4.69, 9.17) is 5.26 Å². The van der Waals surface area contributed by atoms with E-state index in [9.17, 15) is 9.18 Å². The molecule has 2 aromatic heterocycles. The van der Waals surface area contributed by atoms with Crippen molar-refractivity contribution in [2.45, 2.75) is 18.3 Å². The van der Waals surface area contributed by atoms with Gasteiger partial charge in [0, 0.05) is 18.3 Å². The van der Waals surface area contributed by atoms with Crippen molar-refractivity contribution in [2.75, 3.05) is 5.32 Å². The smallest absolute Gasteiger partial charge is 0.236 e. The number of amides is 1. The van der Waals surface area contributed by atoms with Crippen LogP contribution in [-0.2, 0) is 10.2 Å². The van der Waals surface area contributed by atoms with Crippen molar-refractivity contribution in [3.8, 4) is 11.8 Å². The highest BCUT2D eigenvalue weighted by molar-refractivity contribution is 6.00. The lowest BCUT2D eigenvalue weighted by atomic mass is 9.94. The molecule has 1 N–H and O–H groups in total. The summed E-state index contributed by atoms with van der Waals surface area (Å²) in [4.78, 5) is 16.5. The standard InChI is InChI=1S/C19H14FN5O/c20-15-9-16(12-22-11-15)25-8-5-17(24-25)23-18(26)19(6-7-19)14-3-1-13(10-21)2-4-14/h1-5,8-9,11-12H,6-7H2,(H,23,24,26). The van der Waals surface area contributed by atoms with Gasteiger partial charge in [0.2, 0.25) is 5.91 Å². The first-order valence-electron chi connectivity index (χ1n) is 8.09. The second kappa shape index (κ2) is 6.08. The average Bonchev–Trinajstić information content (AvgIpc) is 3.35. The predicted octanol–water partition coefficient (Wildman–Crippen LogP) is 2.95. The lowest BCUT2D eigenvalue weighted by Crippen LogP contribution is -2.28. The Balaban J connectivity index is 1.52. The summed E-state index contributed by atoms with van der Waals surface area (Å²) in [5.41, 5.74) is 1.35. The van der Waals surface area contributed by atoms with Gasteiger partial charge in [-0.2, -0.15) is 10.4 Å². The van der Waals surface area contributed by atoms with Crippen LogP contribution in [0.4, 0.5) is 10.2 Å². The molecule has 1 aliphatic carbocycles. The number of hydrogen-bond acceptors (Lipinski definition) is 4. The zero-order valence-electron chi connectivity index (χ0n) is 13.7. The largest absolute Gasteiger partial charge is 0.308 e. The molecule has 0 atom stereocenters. The summed E-state index contributed by atoms with van der Waals surface area (Å²) in [6, 6.07) is 12.1. The van der Waals surface area contributed by atoms with Gasteiger partial charge in [0.1, 0.15) is 5.82 Å². The number of nitriles is 1. The normalized spacial score (nSPS) is 14.5. The van der Waals surface area contributed by atoms with Crippen molar-refractivity contribution >= 4 is 11.7 Å². The van der Waals surface area contributed by atoms with Gasteiger partial charge >= 0.3 is 0 Å². The molecule has 0 radical (unpaired) electrons. The van der Waals surface area contributed by atoms with E-state index in [1.807, 2.05) is 12.1 Å². The third-order valence-corrected chi connectivity index (χ3v) is 4.54. The van der Waals surface area contributed by atoms with Gasteiger partial charge in [-0.25, -0.2) is 9.07 Å². The number of nitrogens with zero attached hydrogens (tertiary/aromatic N) is 4. The van der Waals surface area contributed by atoms with Crippen molar-refractivity contribution in [2.24, 2.45) is 0 Å². The molecule has 4 rings (SSSR count). The Kier molecular flexibility index (Phi) is 3.73. The molecule has 26 heavy (non-hydrogen) atoms. The van der Waals surface area contributed by atoms with Crippen LogP contribution in [-0.4, -0.2) is 20.7 Å². The molecule has 2 heterocycles. The zero-order chi connectivity index (χ0) is 18.1. The molecule has 3 aromatic rings. The summed E-state index contributed by atoms with van der Waals surface area (Å²) in [6.45, 7) is 0. The maximum absolute atomic E-state index is 13.3. The fraction of sp³-hybridized carbons (Fsp3) is 0.158. The van der Waals surface area contributed by atoms with E-state index in [-0.39, 0.29) is 5.91 Å². The van der Waals surface area contributed by atoms with Crippen LogP contribution in [0.3, 0.4) is 0 Å². The van der Waals surface area contributed by atoms with Gasteiger partial charge in [-0.15, -0.1) is 0 Å². The lowest BCUT2D eigenvalue weighted by Gasteiger charge is -2.14. The Labute approximate surface area is 148 Å². The minimum Gasteiger partial charge on any atom is -0.308 e. The number of halogens is 1. The molecule has 6 nitrogen and oxygen atoms in total. The van der Waals surface area contributed by atoms with Crippen LogP contribution < -0.4 is 5.32 Å². The van der Waals surface area contributed by atoms with Gasteiger partial charge < -0.3 is 5.32 Å². The summed E-state index contributed by atoms with van der Waals surface area (Å²) in [6.07, 6.45) is 5.73. The molecule has 0 unspecified atom stereocenters. The Morgan fingerprint density at radius 3 is 2.65 bits per heavy atom. The van der Waals surface area contributed by atoms with Crippen molar-refractivity contribution < 1.29 is 9.18 Å². The number of hydrogen-bond donors (Lipinski definition) is 1. The van der Waals surface area contributed by atoms with Crippen molar-refractivity contribution in [1.29, 1.82) is 5.26 Å². The molecule has 0 aliphatic heterocycles. The first-order chi connectivity index (χ1) is 12.6. The van der Waals surface area contributed by atoms with E-state index >= 15 is 0 Å². The van der Waals surface area contributed by atoms with Crippen LogP contribution in [0.5, 0.6) is 0 Å². The number of carbonyl (C=O) groups excluding carboxylic acids is 1. The molecule has 1 aliphatic rings. The van der Waals surface area contributed by atoms with Gasteiger partial charge in [-0.3, -0.25) is 9.78 Å². The molecule has 0 bridgehead atoms. The van der Waals surface area contributed by atoms with Gasteiger partial charge in [0.25, 0.3) is 0 Å². The van der Waals surface area contributed by atoms with Gasteiger partial charge in [0.15, 0.2) is 5.82 Å². The number of benzene rings is 1. The molecule has 1 fully saturated rings. The minimum absolute atomic E-state index is 0.134. The molecule has 0 saturated heterocycles. The van der Waals surface area contributed by atoms with Crippen LogP contribution in [0.2, 0.25) is 0 Å². The monoisotopic (exact) mass is 347 g/mol. The second-order valence-corrected chi connectivity index (χ2v) is 6.23. The SMILES string of the molecule is N#Cc1ccc(C2(C(=O)Nc3ccn(-c4cncc(F)c4)n3)CC2)cc1. The van der Waals surface area contributed by atoms with E-state index < -0.39 is 11.2 Å². The first-order valence-corrected chi connectivity index (χ1v) is 8.09. The summed E-state index contributed by atoms with van der Waals surface area (Å²) in [5, 5.41) is 16.0. The molecule has 1 amide bonds. The molecule has 0 spiro atoms. The fourth-order valence-corrected chi connectivity index (χ4v) is 2.93. The minimum atomic E-state index is -0.571. The van der Waals surface area contributed by atoms with E-state index in [1.54, 1.807) is 24.4 Å². The summed E-state index contributed by atoms with van der Waals surface area (Å²) < 4.78 is 14.7. The molecule has 128 valence electrons.